The topological polar surface area (TPSA) is 134 Å². The van der Waals surface area contributed by atoms with Crippen LogP contribution in [0.4, 0.5) is 4.39 Å². The summed E-state index contributed by atoms with van der Waals surface area (Å²) in [4.78, 5) is 30.0. The normalized spacial score (nSPS) is 17.8. The zero-order valence-electron chi connectivity index (χ0n) is 17.3. The molecule has 10 heteroatoms. The molecule has 0 amide bonds. The number of pyridine rings is 2. The third-order valence-corrected chi connectivity index (χ3v) is 5.43. The lowest BCUT2D eigenvalue weighted by Crippen LogP contribution is -2.45. The molecule has 0 bridgehead atoms. The fraction of sp³-hybridized carbons (Fsp3) is 0.318. The quantitative estimate of drug-likeness (QED) is 0.401. The van der Waals surface area contributed by atoms with E-state index >= 15 is 0 Å². The highest BCUT2D eigenvalue weighted by atomic mass is 19.1. The van der Waals surface area contributed by atoms with Gasteiger partial charge in [0.1, 0.15) is 34.6 Å². The molecule has 0 saturated carbocycles. The molecule has 0 aliphatic carbocycles. The van der Waals surface area contributed by atoms with E-state index in [0.717, 1.165) is 10.1 Å². The average Bonchev–Trinajstić information content (AvgIpc) is 2.93. The van der Waals surface area contributed by atoms with E-state index in [1.165, 1.54) is 25.4 Å². The summed E-state index contributed by atoms with van der Waals surface area (Å²) in [7, 11) is 1.53. The van der Waals surface area contributed by atoms with Crippen molar-refractivity contribution in [2.75, 3.05) is 26.8 Å². The minimum atomic E-state index is -1.80. The third kappa shape index (κ3) is 3.72. The highest BCUT2D eigenvalue weighted by Crippen LogP contribution is 2.37. The molecule has 9 nitrogen and oxygen atoms in total. The number of carbonyl (C=O) groups is 1. The number of halogens is 1. The minimum Gasteiger partial charge on any atom is -0.505 e. The first-order valence-electron chi connectivity index (χ1n) is 9.93. The second-order valence-corrected chi connectivity index (χ2v) is 7.85. The van der Waals surface area contributed by atoms with Crippen molar-refractivity contribution < 1.29 is 29.2 Å². The van der Waals surface area contributed by atoms with Crippen molar-refractivity contribution in [2.45, 2.75) is 18.6 Å². The monoisotopic (exact) mass is 443 g/mol. The van der Waals surface area contributed by atoms with Gasteiger partial charge in [-0.2, -0.15) is 0 Å². The summed E-state index contributed by atoms with van der Waals surface area (Å²) in [6, 6.07) is 5.82. The van der Waals surface area contributed by atoms with Gasteiger partial charge in [-0.05, 0) is 24.7 Å². The molecule has 168 valence electrons. The van der Waals surface area contributed by atoms with Crippen LogP contribution in [0, 0.1) is 5.82 Å². The number of hydrogen-bond acceptors (Lipinski definition) is 8. The van der Waals surface area contributed by atoms with Gasteiger partial charge >= 0.3 is 0 Å². The molecule has 3 heterocycles. The van der Waals surface area contributed by atoms with E-state index in [2.05, 4.69) is 10.3 Å². The molecule has 0 saturated heterocycles. The number of aliphatic hydroxyl groups excluding tert-OH is 1. The molecule has 2 aromatic heterocycles. The SMILES string of the molecule is CNCC(=O)c1c(O)c2ncc(Cc3ccc(F)cc3)c3c2n(c1=O)CC(O)(CO)CO3. The van der Waals surface area contributed by atoms with Crippen LogP contribution in [0.1, 0.15) is 21.5 Å². The van der Waals surface area contributed by atoms with Crippen LogP contribution >= 0.6 is 0 Å². The number of aromatic hydroxyl groups is 1. The van der Waals surface area contributed by atoms with Crippen LogP contribution in [0.25, 0.3) is 11.0 Å². The Balaban J connectivity index is 1.98. The molecule has 0 radical (unpaired) electrons. The Labute approximate surface area is 181 Å². The van der Waals surface area contributed by atoms with Crippen molar-refractivity contribution in [1.29, 1.82) is 0 Å². The van der Waals surface area contributed by atoms with Crippen LogP contribution in [0.15, 0.2) is 35.3 Å². The molecule has 3 aromatic rings. The summed E-state index contributed by atoms with van der Waals surface area (Å²) in [5.74, 6) is -1.42. The average molecular weight is 443 g/mol. The molecule has 1 unspecified atom stereocenters. The number of aromatic nitrogens is 2. The van der Waals surface area contributed by atoms with Gasteiger partial charge in [0, 0.05) is 18.2 Å². The highest BCUT2D eigenvalue weighted by Gasteiger charge is 2.36. The number of ether oxygens (including phenoxy) is 1. The van der Waals surface area contributed by atoms with Crippen LogP contribution in [0.3, 0.4) is 0 Å². The maximum atomic E-state index is 13.3. The number of aliphatic hydroxyl groups is 2. The summed E-state index contributed by atoms with van der Waals surface area (Å²) in [6.45, 7) is -1.59. The summed E-state index contributed by atoms with van der Waals surface area (Å²) >= 11 is 0. The van der Waals surface area contributed by atoms with E-state index < -0.39 is 34.9 Å². The Morgan fingerprint density at radius 1 is 1.34 bits per heavy atom. The van der Waals surface area contributed by atoms with Gasteiger partial charge < -0.3 is 25.4 Å². The number of nitrogens with one attached hydrogen (secondary N) is 1. The van der Waals surface area contributed by atoms with Crippen molar-refractivity contribution in [3.05, 3.63) is 63.3 Å². The smallest absolute Gasteiger partial charge is 0.266 e. The number of ketones is 1. The van der Waals surface area contributed by atoms with Crippen molar-refractivity contribution in [1.82, 2.24) is 14.9 Å². The van der Waals surface area contributed by atoms with Crippen LogP contribution in [0.2, 0.25) is 0 Å². The lowest BCUT2D eigenvalue weighted by molar-refractivity contribution is -0.0553. The van der Waals surface area contributed by atoms with E-state index in [-0.39, 0.29) is 48.7 Å². The Hall–Kier alpha value is -3.34. The number of Topliss-reactive ketones (excluding diaryl/α,β-unsaturated/α-hetero) is 1. The molecular formula is C22H22FN3O6. The van der Waals surface area contributed by atoms with E-state index in [1.807, 2.05) is 0 Å². The molecule has 32 heavy (non-hydrogen) atoms. The molecule has 1 aliphatic heterocycles. The first kappa shape index (κ1) is 21.9. The van der Waals surface area contributed by atoms with Crippen LogP contribution in [-0.2, 0) is 13.0 Å². The number of nitrogens with zero attached hydrogens (tertiary/aromatic N) is 2. The molecule has 1 aromatic carbocycles. The van der Waals surface area contributed by atoms with Gasteiger partial charge in [-0.15, -0.1) is 0 Å². The lowest BCUT2D eigenvalue weighted by Gasteiger charge is -2.24. The summed E-state index contributed by atoms with van der Waals surface area (Å²) in [5.41, 5.74) is -1.75. The van der Waals surface area contributed by atoms with Crippen molar-refractivity contribution >= 4 is 16.8 Å². The van der Waals surface area contributed by atoms with Crippen LogP contribution < -0.4 is 15.6 Å². The Morgan fingerprint density at radius 3 is 2.72 bits per heavy atom. The highest BCUT2D eigenvalue weighted by molar-refractivity contribution is 6.04. The predicted molar refractivity (Wildman–Crippen MR) is 113 cm³/mol. The Bertz CT molecular complexity index is 1260. The molecule has 0 spiro atoms. The number of benzene rings is 1. The number of likely N-dealkylation sites (N-methyl/N-ethyl adjacent to an activating group) is 1. The summed E-state index contributed by atoms with van der Waals surface area (Å²) in [5, 5.41) is 33.9. The van der Waals surface area contributed by atoms with E-state index in [9.17, 15) is 29.3 Å². The van der Waals surface area contributed by atoms with Gasteiger partial charge in [0.05, 0.1) is 19.7 Å². The van der Waals surface area contributed by atoms with Crippen molar-refractivity contribution in [2.24, 2.45) is 0 Å². The second kappa shape index (κ2) is 8.30. The van der Waals surface area contributed by atoms with Crippen molar-refractivity contribution in [3.63, 3.8) is 0 Å². The second-order valence-electron chi connectivity index (χ2n) is 7.85. The van der Waals surface area contributed by atoms with Crippen LogP contribution in [-0.4, -0.2) is 63.1 Å². The summed E-state index contributed by atoms with van der Waals surface area (Å²) in [6.07, 6.45) is 1.71. The van der Waals surface area contributed by atoms with Crippen LogP contribution in [0.5, 0.6) is 11.5 Å². The maximum Gasteiger partial charge on any atom is 0.266 e. The van der Waals surface area contributed by atoms with E-state index in [4.69, 9.17) is 4.74 Å². The molecule has 4 N–H and O–H groups in total. The zero-order chi connectivity index (χ0) is 23.0. The summed E-state index contributed by atoms with van der Waals surface area (Å²) < 4.78 is 20.2. The fourth-order valence-electron chi connectivity index (χ4n) is 3.80. The molecule has 4 rings (SSSR count). The number of carbonyl (C=O) groups excluding carboxylic acids is 1. The standard InChI is InChI=1S/C22H22FN3O6/c1-24-8-15(28)16-19(29)17-18-20(32-11-22(31,10-27)9-26(18)21(16)30)13(7-25-17)6-12-2-4-14(23)5-3-12/h2-5,7,24,27,29,31H,6,8-11H2,1H3. The fourth-order valence-corrected chi connectivity index (χ4v) is 3.80. The molecule has 1 aliphatic rings. The third-order valence-electron chi connectivity index (χ3n) is 5.43. The number of rotatable bonds is 6. The van der Waals surface area contributed by atoms with Gasteiger partial charge in [-0.1, -0.05) is 12.1 Å². The van der Waals surface area contributed by atoms with Gasteiger partial charge in [0.2, 0.25) is 0 Å². The predicted octanol–water partition coefficient (Wildman–Crippen LogP) is 0.350. The first-order chi connectivity index (χ1) is 15.3. The number of hydrogen-bond donors (Lipinski definition) is 4. The molecule has 0 fully saturated rings. The van der Waals surface area contributed by atoms with Gasteiger partial charge in [-0.25, -0.2) is 4.39 Å². The largest absolute Gasteiger partial charge is 0.505 e. The van der Waals surface area contributed by atoms with Gasteiger partial charge in [-0.3, -0.25) is 19.1 Å². The Kier molecular flexibility index (Phi) is 5.68. The Morgan fingerprint density at radius 2 is 2.06 bits per heavy atom. The minimum absolute atomic E-state index is 0.0379. The maximum absolute atomic E-state index is 13.3. The first-order valence-corrected chi connectivity index (χ1v) is 9.93. The molecule has 1 atom stereocenters. The van der Waals surface area contributed by atoms with Gasteiger partial charge in [0.25, 0.3) is 5.56 Å². The molecular weight excluding hydrogens is 421 g/mol. The van der Waals surface area contributed by atoms with E-state index in [1.54, 1.807) is 12.1 Å². The van der Waals surface area contributed by atoms with Gasteiger partial charge in [0.15, 0.2) is 17.3 Å². The zero-order valence-corrected chi connectivity index (χ0v) is 17.3. The lowest BCUT2D eigenvalue weighted by atomic mass is 10.0. The van der Waals surface area contributed by atoms with E-state index in [0.29, 0.717) is 5.56 Å². The van der Waals surface area contributed by atoms with Crippen molar-refractivity contribution in [3.8, 4) is 11.5 Å².